The van der Waals surface area contributed by atoms with Gasteiger partial charge in [-0.25, -0.2) is 9.78 Å². The molecule has 0 aliphatic carbocycles. The fraction of sp³-hybridized carbons (Fsp3) is 0.227. The topological polar surface area (TPSA) is 79.4 Å². The van der Waals surface area contributed by atoms with Crippen molar-refractivity contribution in [3.8, 4) is 17.0 Å². The number of halogens is 1. The van der Waals surface area contributed by atoms with Crippen LogP contribution in [0, 0.1) is 0 Å². The fourth-order valence-electron chi connectivity index (χ4n) is 3.48. The quantitative estimate of drug-likeness (QED) is 0.600. The van der Waals surface area contributed by atoms with Crippen molar-refractivity contribution in [2.75, 3.05) is 35.7 Å². The molecule has 7 nitrogen and oxygen atoms in total. The number of aromatic nitrogens is 2. The van der Waals surface area contributed by atoms with E-state index in [4.69, 9.17) is 16.3 Å². The predicted molar refractivity (Wildman–Crippen MR) is 120 cm³/mol. The zero-order chi connectivity index (χ0) is 20.9. The Bertz CT molecular complexity index is 1050. The number of ether oxygens (including phenoxy) is 1. The Labute approximate surface area is 180 Å². The number of nitrogens with one attached hydrogen (secondary N) is 2. The zero-order valence-electron chi connectivity index (χ0n) is 16.6. The Morgan fingerprint density at radius 3 is 2.50 bits per heavy atom. The molecule has 2 N–H and O–H groups in total. The molecule has 0 bridgehead atoms. The van der Waals surface area contributed by atoms with Crippen molar-refractivity contribution in [2.45, 2.75) is 12.8 Å². The third-order valence-corrected chi connectivity index (χ3v) is 5.18. The van der Waals surface area contributed by atoms with Crippen LogP contribution in [0.2, 0.25) is 5.02 Å². The van der Waals surface area contributed by atoms with Crippen LogP contribution in [-0.4, -0.2) is 36.2 Å². The molecule has 0 atom stereocenters. The van der Waals surface area contributed by atoms with Crippen LogP contribution in [0.25, 0.3) is 11.3 Å². The molecular formula is C22H22ClN5O2. The summed E-state index contributed by atoms with van der Waals surface area (Å²) < 4.78 is 5.13. The Balaban J connectivity index is 1.50. The number of hydrogen-bond donors (Lipinski definition) is 2. The van der Waals surface area contributed by atoms with E-state index in [2.05, 4.69) is 25.5 Å². The fourth-order valence-corrected chi connectivity index (χ4v) is 3.73. The van der Waals surface area contributed by atoms with Gasteiger partial charge in [-0.3, -0.25) is 4.98 Å². The highest BCUT2D eigenvalue weighted by molar-refractivity contribution is 6.32. The molecule has 3 aromatic rings. The van der Waals surface area contributed by atoms with Gasteiger partial charge >= 0.3 is 6.03 Å². The molecule has 1 aromatic heterocycles. The number of carbonyl (C=O) groups is 1. The molecular weight excluding hydrogens is 402 g/mol. The highest BCUT2D eigenvalue weighted by atomic mass is 35.5. The minimum absolute atomic E-state index is 0.368. The minimum Gasteiger partial charge on any atom is -0.495 e. The van der Waals surface area contributed by atoms with Gasteiger partial charge < -0.3 is 20.3 Å². The summed E-state index contributed by atoms with van der Waals surface area (Å²) >= 11 is 6.12. The number of nitrogens with zero attached hydrogens (tertiary/aromatic N) is 3. The molecule has 0 saturated carbocycles. The van der Waals surface area contributed by atoms with Crippen LogP contribution >= 0.6 is 11.6 Å². The number of hydrogen-bond acceptors (Lipinski definition) is 5. The van der Waals surface area contributed by atoms with Crippen LogP contribution in [0.4, 0.5) is 22.0 Å². The van der Waals surface area contributed by atoms with E-state index >= 15 is 0 Å². The van der Waals surface area contributed by atoms with Gasteiger partial charge in [-0.05, 0) is 43.2 Å². The standard InChI is InChI=1S/C22H22ClN5O2/c1-30-19-8-7-17(14-18(19)23)27-22(29)26-16-6-4-5-15(13-16)20-21(25-10-9-24-20)28-11-2-3-12-28/h4-10,13-14H,2-3,11-12H2,1H3,(H2,26,27,29). The highest BCUT2D eigenvalue weighted by Gasteiger charge is 2.19. The maximum atomic E-state index is 12.4. The van der Waals surface area contributed by atoms with Gasteiger partial charge in [-0.1, -0.05) is 23.7 Å². The van der Waals surface area contributed by atoms with Crippen LogP contribution < -0.4 is 20.3 Å². The van der Waals surface area contributed by atoms with Gasteiger partial charge in [-0.15, -0.1) is 0 Å². The Kier molecular flexibility index (Phi) is 5.99. The van der Waals surface area contributed by atoms with Crippen LogP contribution in [0.5, 0.6) is 5.75 Å². The van der Waals surface area contributed by atoms with Crippen molar-refractivity contribution in [1.82, 2.24) is 9.97 Å². The number of rotatable bonds is 5. The molecule has 2 amide bonds. The first kappa shape index (κ1) is 20.0. The Hall–Kier alpha value is -3.32. The predicted octanol–water partition coefficient (Wildman–Crippen LogP) is 5.05. The first-order valence-corrected chi connectivity index (χ1v) is 10.1. The largest absolute Gasteiger partial charge is 0.495 e. The van der Waals surface area contributed by atoms with Gasteiger partial charge in [0.1, 0.15) is 11.4 Å². The molecule has 0 unspecified atom stereocenters. The number of methoxy groups -OCH3 is 1. The summed E-state index contributed by atoms with van der Waals surface area (Å²) in [7, 11) is 1.54. The van der Waals surface area contributed by atoms with E-state index in [1.807, 2.05) is 24.3 Å². The molecule has 1 fully saturated rings. The molecule has 30 heavy (non-hydrogen) atoms. The monoisotopic (exact) mass is 423 g/mol. The van der Waals surface area contributed by atoms with E-state index in [-0.39, 0.29) is 6.03 Å². The van der Waals surface area contributed by atoms with E-state index in [0.717, 1.165) is 43.0 Å². The third-order valence-electron chi connectivity index (χ3n) is 4.89. The van der Waals surface area contributed by atoms with Crippen molar-refractivity contribution in [2.24, 2.45) is 0 Å². The number of urea groups is 1. The summed E-state index contributed by atoms with van der Waals surface area (Å²) in [5.74, 6) is 1.43. The number of carbonyl (C=O) groups excluding carboxylic acids is 1. The van der Waals surface area contributed by atoms with Crippen LogP contribution in [0.15, 0.2) is 54.9 Å². The lowest BCUT2D eigenvalue weighted by Crippen LogP contribution is -2.20. The molecule has 154 valence electrons. The number of anilines is 3. The second-order valence-corrected chi connectivity index (χ2v) is 7.34. The van der Waals surface area contributed by atoms with E-state index in [9.17, 15) is 4.79 Å². The molecule has 1 saturated heterocycles. The molecule has 0 radical (unpaired) electrons. The van der Waals surface area contributed by atoms with Gasteiger partial charge in [0.25, 0.3) is 0 Å². The van der Waals surface area contributed by atoms with Crippen molar-refractivity contribution < 1.29 is 9.53 Å². The van der Waals surface area contributed by atoms with Crippen molar-refractivity contribution >= 4 is 34.8 Å². The second kappa shape index (κ2) is 9.00. The maximum Gasteiger partial charge on any atom is 0.323 e. The molecule has 8 heteroatoms. The number of amides is 2. The molecule has 4 rings (SSSR count). The summed E-state index contributed by atoms with van der Waals surface area (Å²) in [6.45, 7) is 1.97. The lowest BCUT2D eigenvalue weighted by Gasteiger charge is -2.19. The van der Waals surface area contributed by atoms with E-state index in [1.165, 1.54) is 0 Å². The Morgan fingerprint density at radius 2 is 1.77 bits per heavy atom. The average Bonchev–Trinajstić information content (AvgIpc) is 3.29. The minimum atomic E-state index is -0.368. The smallest absolute Gasteiger partial charge is 0.323 e. The van der Waals surface area contributed by atoms with Crippen LogP contribution in [-0.2, 0) is 0 Å². The lowest BCUT2D eigenvalue weighted by molar-refractivity contribution is 0.262. The Morgan fingerprint density at radius 1 is 1.03 bits per heavy atom. The van der Waals surface area contributed by atoms with Crippen LogP contribution in [0.1, 0.15) is 12.8 Å². The summed E-state index contributed by atoms with van der Waals surface area (Å²) in [6, 6.07) is 12.3. The van der Waals surface area contributed by atoms with Gasteiger partial charge in [0.2, 0.25) is 0 Å². The first-order valence-electron chi connectivity index (χ1n) is 9.72. The summed E-state index contributed by atoms with van der Waals surface area (Å²) in [5, 5.41) is 6.05. The van der Waals surface area contributed by atoms with Crippen LogP contribution in [0.3, 0.4) is 0 Å². The molecule has 1 aliphatic heterocycles. The van der Waals surface area contributed by atoms with Crippen molar-refractivity contribution in [1.29, 1.82) is 0 Å². The summed E-state index contributed by atoms with van der Waals surface area (Å²) in [5.41, 5.74) is 2.93. The molecule has 2 aromatic carbocycles. The van der Waals surface area contributed by atoms with E-state index in [1.54, 1.807) is 37.7 Å². The van der Waals surface area contributed by atoms with E-state index < -0.39 is 0 Å². The van der Waals surface area contributed by atoms with Gasteiger partial charge in [0.05, 0.1) is 12.1 Å². The lowest BCUT2D eigenvalue weighted by atomic mass is 10.1. The highest BCUT2D eigenvalue weighted by Crippen LogP contribution is 2.30. The normalized spacial score (nSPS) is 13.2. The van der Waals surface area contributed by atoms with E-state index in [0.29, 0.717) is 22.1 Å². The third kappa shape index (κ3) is 4.46. The van der Waals surface area contributed by atoms with Crippen molar-refractivity contribution in [3.05, 3.63) is 59.9 Å². The first-order chi connectivity index (χ1) is 14.6. The zero-order valence-corrected chi connectivity index (χ0v) is 17.3. The SMILES string of the molecule is COc1ccc(NC(=O)Nc2cccc(-c3nccnc3N3CCCC3)c2)cc1Cl. The van der Waals surface area contributed by atoms with Crippen molar-refractivity contribution in [3.63, 3.8) is 0 Å². The average molecular weight is 424 g/mol. The summed E-state index contributed by atoms with van der Waals surface area (Å²) in [4.78, 5) is 23.8. The van der Waals surface area contributed by atoms with Gasteiger partial charge in [0, 0.05) is 42.4 Å². The maximum absolute atomic E-state index is 12.4. The number of benzene rings is 2. The van der Waals surface area contributed by atoms with Gasteiger partial charge in [0.15, 0.2) is 5.82 Å². The molecule has 2 heterocycles. The van der Waals surface area contributed by atoms with Gasteiger partial charge in [-0.2, -0.15) is 0 Å². The second-order valence-electron chi connectivity index (χ2n) is 6.93. The molecule has 1 aliphatic rings. The molecule has 0 spiro atoms. The summed E-state index contributed by atoms with van der Waals surface area (Å²) in [6.07, 6.45) is 5.72.